The van der Waals surface area contributed by atoms with Crippen LogP contribution < -0.4 is 15.4 Å². The molecule has 0 atom stereocenters. The Balaban J connectivity index is 1.69. The van der Waals surface area contributed by atoms with Gasteiger partial charge in [-0.3, -0.25) is 0 Å². The van der Waals surface area contributed by atoms with Crippen LogP contribution in [0.15, 0.2) is 36.7 Å². The molecule has 1 saturated heterocycles. The van der Waals surface area contributed by atoms with Crippen LogP contribution in [-0.4, -0.2) is 46.2 Å². The minimum Gasteiger partial charge on any atom is -0.438 e. The molecule has 0 bridgehead atoms. The monoisotopic (exact) mass is 403 g/mol. The van der Waals surface area contributed by atoms with Crippen molar-refractivity contribution in [3.8, 4) is 29.1 Å². The number of benzene rings is 1. The summed E-state index contributed by atoms with van der Waals surface area (Å²) in [4.78, 5) is 19.9. The molecule has 1 aromatic carbocycles. The van der Waals surface area contributed by atoms with Crippen LogP contribution in [0.1, 0.15) is 16.8 Å². The Morgan fingerprint density at radius 1 is 1.17 bits per heavy atom. The molecule has 152 valence electrons. The topological polar surface area (TPSA) is 123 Å². The number of aromatic nitrogens is 4. The van der Waals surface area contributed by atoms with Crippen LogP contribution >= 0.6 is 0 Å². The van der Waals surface area contributed by atoms with Crippen molar-refractivity contribution in [2.45, 2.75) is 13.5 Å². The van der Waals surface area contributed by atoms with Gasteiger partial charge in [0, 0.05) is 49.4 Å². The van der Waals surface area contributed by atoms with Crippen LogP contribution in [0.5, 0.6) is 11.6 Å². The first kappa shape index (κ1) is 19.7. The molecule has 3 aromatic rings. The molecule has 1 aliphatic heterocycles. The number of hydrogen-bond donors (Lipinski definition) is 1. The van der Waals surface area contributed by atoms with Crippen LogP contribution in [0.4, 0.5) is 5.95 Å². The smallest absolute Gasteiger partial charge is 0.229 e. The highest BCUT2D eigenvalue weighted by Gasteiger charge is 2.17. The Hall–Kier alpha value is -3.61. The van der Waals surface area contributed by atoms with Crippen molar-refractivity contribution in [1.29, 1.82) is 5.26 Å². The van der Waals surface area contributed by atoms with Gasteiger partial charge in [0.15, 0.2) is 5.82 Å². The molecule has 30 heavy (non-hydrogen) atoms. The molecule has 9 heteroatoms. The summed E-state index contributed by atoms with van der Waals surface area (Å²) >= 11 is 0. The van der Waals surface area contributed by atoms with Gasteiger partial charge in [-0.1, -0.05) is 0 Å². The van der Waals surface area contributed by atoms with Gasteiger partial charge in [0.1, 0.15) is 5.75 Å². The van der Waals surface area contributed by atoms with E-state index >= 15 is 0 Å². The van der Waals surface area contributed by atoms with Gasteiger partial charge in [-0.25, -0.2) is 15.0 Å². The number of aryl methyl sites for hydroxylation is 1. The standard InChI is InChI=1S/C21H21N7O2/c1-14-8-19(27-21(26-14)28-4-6-29-7-5-28)30-18-9-15(10-22)2-3-17(18)20-24-12-16(11-23)13-25-20/h2-3,8-9,12-13H,4-7,11,23H2,1H3. The van der Waals surface area contributed by atoms with Gasteiger partial charge in [-0.2, -0.15) is 10.2 Å². The Kier molecular flexibility index (Phi) is 5.79. The third kappa shape index (κ3) is 4.35. The van der Waals surface area contributed by atoms with Crippen LogP contribution in [0, 0.1) is 18.3 Å². The van der Waals surface area contributed by atoms with Gasteiger partial charge < -0.3 is 20.1 Å². The van der Waals surface area contributed by atoms with E-state index in [1.807, 2.05) is 6.92 Å². The van der Waals surface area contributed by atoms with E-state index < -0.39 is 0 Å². The lowest BCUT2D eigenvalue weighted by Crippen LogP contribution is -2.37. The molecule has 9 nitrogen and oxygen atoms in total. The average Bonchev–Trinajstić information content (AvgIpc) is 2.79. The Morgan fingerprint density at radius 2 is 1.93 bits per heavy atom. The second-order valence-corrected chi connectivity index (χ2v) is 6.79. The summed E-state index contributed by atoms with van der Waals surface area (Å²) in [5.41, 5.74) is 8.36. The Labute approximate surface area is 174 Å². The van der Waals surface area contributed by atoms with Crippen LogP contribution in [-0.2, 0) is 11.3 Å². The lowest BCUT2D eigenvalue weighted by atomic mass is 10.1. The van der Waals surface area contributed by atoms with E-state index in [2.05, 4.69) is 30.9 Å². The molecule has 0 aliphatic carbocycles. The minimum atomic E-state index is 0.363. The van der Waals surface area contributed by atoms with Gasteiger partial charge in [-0.15, -0.1) is 0 Å². The van der Waals surface area contributed by atoms with Crippen molar-refractivity contribution < 1.29 is 9.47 Å². The highest BCUT2D eigenvalue weighted by molar-refractivity contribution is 5.66. The first-order valence-electron chi connectivity index (χ1n) is 9.58. The van der Waals surface area contributed by atoms with E-state index in [1.54, 1.807) is 36.7 Å². The number of morpholine rings is 1. The zero-order valence-electron chi connectivity index (χ0n) is 16.6. The fourth-order valence-corrected chi connectivity index (χ4v) is 3.05. The van der Waals surface area contributed by atoms with Crippen molar-refractivity contribution >= 4 is 5.95 Å². The zero-order valence-corrected chi connectivity index (χ0v) is 16.6. The van der Waals surface area contributed by atoms with Gasteiger partial charge in [0.25, 0.3) is 0 Å². The number of rotatable bonds is 5. The quantitative estimate of drug-likeness (QED) is 0.683. The highest BCUT2D eigenvalue weighted by Crippen LogP contribution is 2.32. The SMILES string of the molecule is Cc1cc(Oc2cc(C#N)ccc2-c2ncc(CN)cn2)nc(N2CCOCC2)n1. The summed E-state index contributed by atoms with van der Waals surface area (Å²) in [6.07, 6.45) is 3.35. The molecule has 0 saturated carbocycles. The van der Waals surface area contributed by atoms with E-state index in [0.29, 0.717) is 54.3 Å². The van der Waals surface area contributed by atoms with Crippen molar-refractivity contribution in [1.82, 2.24) is 19.9 Å². The summed E-state index contributed by atoms with van der Waals surface area (Å²) < 4.78 is 11.5. The van der Waals surface area contributed by atoms with Gasteiger partial charge >= 0.3 is 0 Å². The first-order chi connectivity index (χ1) is 14.7. The number of nitriles is 1. The lowest BCUT2D eigenvalue weighted by molar-refractivity contribution is 0.122. The molecule has 0 unspecified atom stereocenters. The maximum Gasteiger partial charge on any atom is 0.229 e. The third-order valence-electron chi connectivity index (χ3n) is 4.62. The van der Waals surface area contributed by atoms with E-state index in [9.17, 15) is 5.26 Å². The van der Waals surface area contributed by atoms with Crippen molar-refractivity contribution in [2.24, 2.45) is 5.73 Å². The van der Waals surface area contributed by atoms with E-state index in [1.165, 1.54) is 0 Å². The van der Waals surface area contributed by atoms with Crippen LogP contribution in [0.2, 0.25) is 0 Å². The molecule has 4 rings (SSSR count). The molecule has 2 aromatic heterocycles. The Morgan fingerprint density at radius 3 is 2.63 bits per heavy atom. The molecule has 0 spiro atoms. The van der Waals surface area contributed by atoms with E-state index in [4.69, 9.17) is 15.2 Å². The minimum absolute atomic E-state index is 0.363. The highest BCUT2D eigenvalue weighted by atomic mass is 16.5. The zero-order chi connectivity index (χ0) is 20.9. The van der Waals surface area contributed by atoms with Crippen molar-refractivity contribution in [2.75, 3.05) is 31.2 Å². The first-order valence-corrected chi connectivity index (χ1v) is 9.58. The molecule has 1 aliphatic rings. The van der Waals surface area contributed by atoms with Gasteiger partial charge in [0.05, 0.1) is 30.4 Å². The van der Waals surface area contributed by atoms with E-state index in [0.717, 1.165) is 24.3 Å². The predicted octanol–water partition coefficient (Wildman–Crippen LogP) is 2.20. The van der Waals surface area contributed by atoms with Crippen molar-refractivity contribution in [3.05, 3.63) is 53.5 Å². The maximum atomic E-state index is 9.32. The Bertz CT molecular complexity index is 1070. The maximum absolute atomic E-state index is 9.32. The number of anilines is 1. The molecular weight excluding hydrogens is 382 g/mol. The van der Waals surface area contributed by atoms with Crippen LogP contribution in [0.3, 0.4) is 0 Å². The lowest BCUT2D eigenvalue weighted by Gasteiger charge is -2.27. The van der Waals surface area contributed by atoms with Gasteiger partial charge in [0.2, 0.25) is 11.8 Å². The molecule has 0 amide bonds. The second-order valence-electron chi connectivity index (χ2n) is 6.79. The number of nitrogens with two attached hydrogens (primary N) is 1. The molecular formula is C21H21N7O2. The fraction of sp³-hybridized carbons (Fsp3) is 0.286. The molecule has 2 N–H and O–H groups in total. The average molecular weight is 403 g/mol. The summed E-state index contributed by atoms with van der Waals surface area (Å²) in [5.74, 6) is 1.90. The number of ether oxygens (including phenoxy) is 2. The van der Waals surface area contributed by atoms with Crippen LogP contribution in [0.25, 0.3) is 11.4 Å². The normalized spacial score (nSPS) is 13.7. The van der Waals surface area contributed by atoms with Crippen molar-refractivity contribution in [3.63, 3.8) is 0 Å². The largest absolute Gasteiger partial charge is 0.438 e. The summed E-state index contributed by atoms with van der Waals surface area (Å²) in [5, 5.41) is 9.32. The van der Waals surface area contributed by atoms with Gasteiger partial charge in [-0.05, 0) is 25.1 Å². The fourth-order valence-electron chi connectivity index (χ4n) is 3.05. The molecule has 3 heterocycles. The molecule has 0 radical (unpaired) electrons. The summed E-state index contributed by atoms with van der Waals surface area (Å²) in [6, 6.07) is 9.01. The third-order valence-corrected chi connectivity index (χ3v) is 4.62. The number of nitrogens with zero attached hydrogens (tertiary/aromatic N) is 6. The summed E-state index contributed by atoms with van der Waals surface area (Å²) in [6.45, 7) is 4.97. The predicted molar refractivity (Wildman–Crippen MR) is 110 cm³/mol. The summed E-state index contributed by atoms with van der Waals surface area (Å²) in [7, 11) is 0. The number of hydrogen-bond acceptors (Lipinski definition) is 9. The van der Waals surface area contributed by atoms with E-state index in [-0.39, 0.29) is 0 Å². The molecule has 1 fully saturated rings. The second kappa shape index (κ2) is 8.82.